The molecule has 0 heterocycles. The van der Waals surface area contributed by atoms with Gasteiger partial charge < -0.3 is 14.2 Å². The summed E-state index contributed by atoms with van der Waals surface area (Å²) in [5.74, 6) is 2.46. The summed E-state index contributed by atoms with van der Waals surface area (Å²) >= 11 is 0. The van der Waals surface area contributed by atoms with E-state index in [2.05, 4.69) is 48.5 Å². The molecule has 3 rings (SSSR count). The number of hydrogen-bond donors (Lipinski definition) is 0. The summed E-state index contributed by atoms with van der Waals surface area (Å²) in [5.41, 5.74) is 5.32. The van der Waals surface area contributed by atoms with Gasteiger partial charge in [0, 0.05) is 0 Å². The van der Waals surface area contributed by atoms with Crippen LogP contribution >= 0.6 is 0 Å². The fraction of sp³-hybridized carbons (Fsp3) is 0.280. The maximum absolute atomic E-state index is 5.40. The number of benzene rings is 3. The Kier molecular flexibility index (Phi) is 6.96. The van der Waals surface area contributed by atoms with Crippen molar-refractivity contribution in [3.05, 3.63) is 89.0 Å². The Morgan fingerprint density at radius 3 is 1.61 bits per heavy atom. The lowest BCUT2D eigenvalue weighted by Crippen LogP contribution is -1.97. The Balaban J connectivity index is 1.58. The molecular formula is C25H28O3. The van der Waals surface area contributed by atoms with Gasteiger partial charge in [-0.2, -0.15) is 0 Å². The lowest BCUT2D eigenvalue weighted by molar-refractivity contribution is 0.354. The molecule has 0 N–H and O–H groups in total. The standard InChI is InChI=1S/C25H28O3/c1-26-23-14-11-19(12-15-23)7-8-20-5-4-6-21(17-20)9-10-22-13-16-24(27-2)25(18-22)28-3/h4-6,11-18H,7-10H2,1-3H3. The predicted octanol–water partition coefficient (Wildman–Crippen LogP) is 5.28. The van der Waals surface area contributed by atoms with E-state index in [0.717, 1.165) is 42.9 Å². The summed E-state index contributed by atoms with van der Waals surface area (Å²) in [4.78, 5) is 0. The SMILES string of the molecule is COc1ccc(CCc2cccc(CCc3ccc(OC)c(OC)c3)c2)cc1. The minimum Gasteiger partial charge on any atom is -0.497 e. The Hall–Kier alpha value is -2.94. The number of aryl methyl sites for hydroxylation is 4. The largest absolute Gasteiger partial charge is 0.497 e. The molecule has 0 saturated heterocycles. The van der Waals surface area contributed by atoms with Crippen molar-refractivity contribution in [3.8, 4) is 17.2 Å². The van der Waals surface area contributed by atoms with Crippen molar-refractivity contribution in [3.63, 3.8) is 0 Å². The van der Waals surface area contributed by atoms with Crippen LogP contribution in [0.3, 0.4) is 0 Å². The first kappa shape index (κ1) is 19.8. The van der Waals surface area contributed by atoms with Gasteiger partial charge in [0.25, 0.3) is 0 Å². The van der Waals surface area contributed by atoms with Crippen LogP contribution in [0.1, 0.15) is 22.3 Å². The molecule has 0 bridgehead atoms. The minimum absolute atomic E-state index is 0.770. The van der Waals surface area contributed by atoms with Gasteiger partial charge in [-0.1, -0.05) is 42.5 Å². The molecule has 3 nitrogen and oxygen atoms in total. The highest BCUT2D eigenvalue weighted by molar-refractivity contribution is 5.43. The van der Waals surface area contributed by atoms with E-state index >= 15 is 0 Å². The van der Waals surface area contributed by atoms with Crippen LogP contribution in [0.4, 0.5) is 0 Å². The number of hydrogen-bond acceptors (Lipinski definition) is 3. The highest BCUT2D eigenvalue weighted by Gasteiger charge is 2.05. The topological polar surface area (TPSA) is 27.7 Å². The summed E-state index contributed by atoms with van der Waals surface area (Å²) in [7, 11) is 5.03. The molecule has 0 saturated carbocycles. The summed E-state index contributed by atoms with van der Waals surface area (Å²) in [5, 5.41) is 0. The van der Waals surface area contributed by atoms with Crippen LogP contribution in [0.5, 0.6) is 17.2 Å². The molecule has 3 aromatic carbocycles. The van der Waals surface area contributed by atoms with Crippen LogP contribution < -0.4 is 14.2 Å². The summed E-state index contributed by atoms with van der Waals surface area (Å²) < 4.78 is 15.9. The molecule has 3 aromatic rings. The highest BCUT2D eigenvalue weighted by Crippen LogP contribution is 2.28. The summed E-state index contributed by atoms with van der Waals surface area (Å²) in [6.45, 7) is 0. The number of ether oxygens (including phenoxy) is 3. The molecule has 3 heteroatoms. The van der Waals surface area contributed by atoms with Crippen molar-refractivity contribution in [2.45, 2.75) is 25.7 Å². The van der Waals surface area contributed by atoms with Crippen LogP contribution in [0, 0.1) is 0 Å². The normalized spacial score (nSPS) is 10.5. The third-order valence-electron chi connectivity index (χ3n) is 5.00. The van der Waals surface area contributed by atoms with E-state index < -0.39 is 0 Å². The Morgan fingerprint density at radius 1 is 0.500 bits per heavy atom. The first-order valence-corrected chi connectivity index (χ1v) is 9.63. The van der Waals surface area contributed by atoms with E-state index in [-0.39, 0.29) is 0 Å². The van der Waals surface area contributed by atoms with Gasteiger partial charge in [-0.05, 0) is 72.2 Å². The van der Waals surface area contributed by atoms with Crippen molar-refractivity contribution < 1.29 is 14.2 Å². The van der Waals surface area contributed by atoms with E-state index in [1.165, 1.54) is 22.3 Å². The minimum atomic E-state index is 0.770. The maximum atomic E-state index is 5.40. The lowest BCUT2D eigenvalue weighted by Gasteiger charge is -2.10. The zero-order valence-corrected chi connectivity index (χ0v) is 16.9. The van der Waals surface area contributed by atoms with Gasteiger partial charge in [-0.15, -0.1) is 0 Å². The zero-order chi connectivity index (χ0) is 19.8. The average Bonchev–Trinajstić information content (AvgIpc) is 2.76. The molecular weight excluding hydrogens is 348 g/mol. The van der Waals surface area contributed by atoms with Gasteiger partial charge in [-0.3, -0.25) is 0 Å². The average molecular weight is 376 g/mol. The molecule has 146 valence electrons. The van der Waals surface area contributed by atoms with E-state index in [1.807, 2.05) is 18.2 Å². The number of rotatable bonds is 9. The van der Waals surface area contributed by atoms with Crippen LogP contribution in [0.15, 0.2) is 66.7 Å². The van der Waals surface area contributed by atoms with E-state index in [0.29, 0.717) is 0 Å². The van der Waals surface area contributed by atoms with E-state index in [9.17, 15) is 0 Å². The van der Waals surface area contributed by atoms with Crippen LogP contribution in [-0.4, -0.2) is 21.3 Å². The Morgan fingerprint density at radius 2 is 1.04 bits per heavy atom. The molecule has 0 atom stereocenters. The predicted molar refractivity (Wildman–Crippen MR) is 114 cm³/mol. The first-order valence-electron chi connectivity index (χ1n) is 9.63. The highest BCUT2D eigenvalue weighted by atomic mass is 16.5. The van der Waals surface area contributed by atoms with Crippen molar-refractivity contribution >= 4 is 0 Å². The second-order valence-corrected chi connectivity index (χ2v) is 6.86. The molecule has 0 amide bonds. The lowest BCUT2D eigenvalue weighted by atomic mass is 9.99. The van der Waals surface area contributed by atoms with Crippen molar-refractivity contribution in [1.82, 2.24) is 0 Å². The van der Waals surface area contributed by atoms with E-state index in [4.69, 9.17) is 14.2 Å². The third kappa shape index (κ3) is 5.29. The Bertz CT molecular complexity index is 885. The van der Waals surface area contributed by atoms with Crippen molar-refractivity contribution in [1.29, 1.82) is 0 Å². The zero-order valence-electron chi connectivity index (χ0n) is 16.9. The van der Waals surface area contributed by atoms with Crippen LogP contribution in [0.2, 0.25) is 0 Å². The molecule has 0 aliphatic heterocycles. The third-order valence-corrected chi connectivity index (χ3v) is 5.00. The van der Waals surface area contributed by atoms with Gasteiger partial charge in [-0.25, -0.2) is 0 Å². The van der Waals surface area contributed by atoms with E-state index in [1.54, 1.807) is 21.3 Å². The molecule has 0 aromatic heterocycles. The van der Waals surface area contributed by atoms with Gasteiger partial charge >= 0.3 is 0 Å². The number of methoxy groups -OCH3 is 3. The second-order valence-electron chi connectivity index (χ2n) is 6.86. The first-order chi connectivity index (χ1) is 13.7. The summed E-state index contributed by atoms with van der Waals surface area (Å²) in [6.07, 6.45) is 4.05. The molecule has 0 aliphatic carbocycles. The van der Waals surface area contributed by atoms with Gasteiger partial charge in [0.1, 0.15) is 5.75 Å². The second kappa shape index (κ2) is 9.84. The smallest absolute Gasteiger partial charge is 0.160 e. The molecule has 28 heavy (non-hydrogen) atoms. The Labute approximate surface area is 167 Å². The maximum Gasteiger partial charge on any atom is 0.160 e. The van der Waals surface area contributed by atoms with Crippen molar-refractivity contribution in [2.24, 2.45) is 0 Å². The summed E-state index contributed by atoms with van der Waals surface area (Å²) in [6, 6.07) is 23.4. The molecule has 0 fully saturated rings. The molecule has 0 unspecified atom stereocenters. The molecule has 0 spiro atoms. The quantitative estimate of drug-likeness (QED) is 0.508. The van der Waals surface area contributed by atoms with Gasteiger partial charge in [0.15, 0.2) is 11.5 Å². The molecule has 0 radical (unpaired) electrons. The van der Waals surface area contributed by atoms with Crippen LogP contribution in [0.25, 0.3) is 0 Å². The van der Waals surface area contributed by atoms with Crippen LogP contribution in [-0.2, 0) is 25.7 Å². The fourth-order valence-electron chi connectivity index (χ4n) is 3.35. The van der Waals surface area contributed by atoms with Gasteiger partial charge in [0.05, 0.1) is 21.3 Å². The van der Waals surface area contributed by atoms with Crippen molar-refractivity contribution in [2.75, 3.05) is 21.3 Å². The fourth-order valence-corrected chi connectivity index (χ4v) is 3.35. The van der Waals surface area contributed by atoms with Gasteiger partial charge in [0.2, 0.25) is 0 Å². The monoisotopic (exact) mass is 376 g/mol. The molecule has 0 aliphatic rings.